The highest BCUT2D eigenvalue weighted by atomic mass is 16.5. The second kappa shape index (κ2) is 4.97. The molecule has 1 aromatic heterocycles. The van der Waals surface area contributed by atoms with Crippen LogP contribution in [-0.4, -0.2) is 23.8 Å². The smallest absolute Gasteiger partial charge is 0.246 e. The second-order valence-electron chi connectivity index (χ2n) is 5.19. The van der Waals surface area contributed by atoms with Gasteiger partial charge in [-0.25, -0.2) is 0 Å². The van der Waals surface area contributed by atoms with E-state index in [1.165, 1.54) is 0 Å². The van der Waals surface area contributed by atoms with Gasteiger partial charge in [-0.05, 0) is 39.2 Å². The quantitative estimate of drug-likeness (QED) is 0.872. The molecule has 2 heterocycles. The van der Waals surface area contributed by atoms with E-state index in [0.717, 1.165) is 32.2 Å². The van der Waals surface area contributed by atoms with E-state index < -0.39 is 5.60 Å². The molecular weight excluding hydrogens is 230 g/mol. The summed E-state index contributed by atoms with van der Waals surface area (Å²) in [7, 11) is 1.71. The van der Waals surface area contributed by atoms with Gasteiger partial charge in [-0.2, -0.15) is 4.98 Å². The number of nitrogens with one attached hydrogen (secondary N) is 1. The fourth-order valence-electron chi connectivity index (χ4n) is 2.66. The Labute approximate surface area is 108 Å². The zero-order valence-electron chi connectivity index (χ0n) is 11.7. The molecule has 0 bridgehead atoms. The summed E-state index contributed by atoms with van der Waals surface area (Å²) >= 11 is 0. The molecule has 1 atom stereocenters. The van der Waals surface area contributed by atoms with Crippen LogP contribution in [0.2, 0.25) is 0 Å². The van der Waals surface area contributed by atoms with Crippen LogP contribution in [0.5, 0.6) is 0 Å². The molecule has 1 aromatic rings. The molecule has 1 fully saturated rings. The molecule has 1 aliphatic rings. The first kappa shape index (κ1) is 13.5. The van der Waals surface area contributed by atoms with E-state index in [9.17, 15) is 0 Å². The lowest BCUT2D eigenvalue weighted by Gasteiger charge is -2.26. The summed E-state index contributed by atoms with van der Waals surface area (Å²) in [5, 5.41) is 7.57. The third-order valence-electron chi connectivity index (χ3n) is 4.21. The molecule has 1 unspecified atom stereocenters. The van der Waals surface area contributed by atoms with Gasteiger partial charge in [-0.3, -0.25) is 0 Å². The lowest BCUT2D eigenvalue weighted by molar-refractivity contribution is -0.0306. The van der Waals surface area contributed by atoms with E-state index in [2.05, 4.69) is 36.2 Å². The van der Waals surface area contributed by atoms with Gasteiger partial charge in [0.25, 0.3) is 0 Å². The van der Waals surface area contributed by atoms with Crippen molar-refractivity contribution in [2.75, 3.05) is 13.7 Å². The van der Waals surface area contributed by atoms with E-state index in [-0.39, 0.29) is 5.54 Å². The molecule has 0 radical (unpaired) electrons. The van der Waals surface area contributed by atoms with Crippen LogP contribution >= 0.6 is 0 Å². The Kier molecular flexibility index (Phi) is 3.73. The first-order valence-corrected chi connectivity index (χ1v) is 6.75. The molecule has 0 aliphatic carbocycles. The van der Waals surface area contributed by atoms with E-state index in [1.807, 2.05) is 0 Å². The topological polar surface area (TPSA) is 60.2 Å². The number of rotatable bonds is 5. The summed E-state index contributed by atoms with van der Waals surface area (Å²) in [4.78, 5) is 4.58. The highest BCUT2D eigenvalue weighted by Crippen LogP contribution is 2.34. The van der Waals surface area contributed by atoms with Gasteiger partial charge >= 0.3 is 0 Å². The highest BCUT2D eigenvalue weighted by molar-refractivity contribution is 5.08. The van der Waals surface area contributed by atoms with Gasteiger partial charge < -0.3 is 14.6 Å². The molecule has 18 heavy (non-hydrogen) atoms. The molecule has 0 aromatic carbocycles. The molecule has 1 aliphatic heterocycles. The summed E-state index contributed by atoms with van der Waals surface area (Å²) in [6.07, 6.45) is 3.85. The van der Waals surface area contributed by atoms with Crippen LogP contribution in [0.25, 0.3) is 0 Å². The third-order valence-corrected chi connectivity index (χ3v) is 4.21. The van der Waals surface area contributed by atoms with Crippen molar-refractivity contribution in [3.63, 3.8) is 0 Å². The van der Waals surface area contributed by atoms with Crippen molar-refractivity contribution in [2.45, 2.75) is 57.6 Å². The van der Waals surface area contributed by atoms with Crippen molar-refractivity contribution < 1.29 is 9.26 Å². The minimum absolute atomic E-state index is 0.174. The zero-order valence-corrected chi connectivity index (χ0v) is 11.7. The maximum absolute atomic E-state index is 5.63. The van der Waals surface area contributed by atoms with E-state index in [4.69, 9.17) is 9.26 Å². The molecule has 0 amide bonds. The molecule has 102 valence electrons. The van der Waals surface area contributed by atoms with Crippen LogP contribution in [0.15, 0.2) is 4.52 Å². The summed E-state index contributed by atoms with van der Waals surface area (Å²) in [5.41, 5.74) is -0.594. The predicted molar refractivity (Wildman–Crippen MR) is 68.2 cm³/mol. The Bertz CT molecular complexity index is 384. The van der Waals surface area contributed by atoms with Crippen molar-refractivity contribution in [2.24, 2.45) is 0 Å². The third kappa shape index (κ3) is 2.06. The van der Waals surface area contributed by atoms with Crippen LogP contribution in [0.1, 0.15) is 58.2 Å². The Morgan fingerprint density at radius 2 is 2.17 bits per heavy atom. The van der Waals surface area contributed by atoms with Gasteiger partial charge in [0.15, 0.2) is 0 Å². The molecular formula is C13H23N3O2. The van der Waals surface area contributed by atoms with Gasteiger partial charge in [0.1, 0.15) is 5.60 Å². The summed E-state index contributed by atoms with van der Waals surface area (Å²) in [6, 6.07) is 0. The molecule has 1 N–H and O–H groups in total. The minimum Gasteiger partial charge on any atom is -0.370 e. The Morgan fingerprint density at radius 3 is 2.67 bits per heavy atom. The van der Waals surface area contributed by atoms with Crippen LogP contribution < -0.4 is 5.32 Å². The summed E-state index contributed by atoms with van der Waals surface area (Å²) in [6.45, 7) is 7.28. The van der Waals surface area contributed by atoms with Crippen molar-refractivity contribution in [1.82, 2.24) is 15.5 Å². The Morgan fingerprint density at radius 1 is 1.44 bits per heavy atom. The molecule has 5 heteroatoms. The number of aromatic nitrogens is 2. The average Bonchev–Trinajstić information content (AvgIpc) is 3.02. The van der Waals surface area contributed by atoms with Crippen LogP contribution in [-0.2, 0) is 15.9 Å². The maximum atomic E-state index is 5.63. The fraction of sp³-hybridized carbons (Fsp3) is 0.846. The van der Waals surface area contributed by atoms with Crippen molar-refractivity contribution in [3.8, 4) is 0 Å². The molecule has 0 saturated carbocycles. The summed E-state index contributed by atoms with van der Waals surface area (Å²) < 4.78 is 11.1. The van der Waals surface area contributed by atoms with E-state index in [1.54, 1.807) is 7.11 Å². The van der Waals surface area contributed by atoms with Crippen molar-refractivity contribution in [3.05, 3.63) is 11.7 Å². The van der Waals surface area contributed by atoms with Crippen molar-refractivity contribution in [1.29, 1.82) is 0 Å². The first-order valence-electron chi connectivity index (χ1n) is 6.75. The monoisotopic (exact) mass is 253 g/mol. The highest BCUT2D eigenvalue weighted by Gasteiger charge is 2.39. The molecule has 1 saturated heterocycles. The second-order valence-corrected chi connectivity index (χ2v) is 5.19. The average molecular weight is 253 g/mol. The van der Waals surface area contributed by atoms with Crippen LogP contribution in [0, 0.1) is 0 Å². The molecule has 5 nitrogen and oxygen atoms in total. The zero-order chi connectivity index (χ0) is 13.2. The van der Waals surface area contributed by atoms with Crippen LogP contribution in [0.4, 0.5) is 0 Å². The Balaban J connectivity index is 2.29. The number of ether oxygens (including phenoxy) is 1. The standard InChI is InChI=1S/C13H23N3O2/c1-5-13(6-2,17-4)10-15-11(18-16-10)12(3)8-7-9-14-12/h14H,5-9H2,1-4H3. The molecule has 2 rings (SSSR count). The number of hydrogen-bond acceptors (Lipinski definition) is 5. The predicted octanol–water partition coefficient (Wildman–Crippen LogP) is 2.33. The number of nitrogens with zero attached hydrogens (tertiary/aromatic N) is 2. The largest absolute Gasteiger partial charge is 0.370 e. The Hall–Kier alpha value is -0.940. The first-order chi connectivity index (χ1) is 8.60. The van der Waals surface area contributed by atoms with Gasteiger partial charge in [0, 0.05) is 7.11 Å². The number of hydrogen-bond donors (Lipinski definition) is 1. The maximum Gasteiger partial charge on any atom is 0.246 e. The van der Waals surface area contributed by atoms with Gasteiger partial charge in [0.05, 0.1) is 5.54 Å². The minimum atomic E-state index is -0.420. The lowest BCUT2D eigenvalue weighted by Crippen LogP contribution is -2.34. The normalized spacial score (nSPS) is 24.7. The number of methoxy groups -OCH3 is 1. The van der Waals surface area contributed by atoms with E-state index in [0.29, 0.717) is 11.7 Å². The lowest BCUT2D eigenvalue weighted by atomic mass is 9.96. The molecule has 0 spiro atoms. The van der Waals surface area contributed by atoms with Crippen LogP contribution in [0.3, 0.4) is 0 Å². The van der Waals surface area contributed by atoms with Crippen molar-refractivity contribution >= 4 is 0 Å². The van der Waals surface area contributed by atoms with Gasteiger partial charge in [-0.15, -0.1) is 0 Å². The summed E-state index contributed by atoms with van der Waals surface area (Å²) in [5.74, 6) is 1.35. The SMILES string of the molecule is CCC(CC)(OC)c1noc(C2(C)CCCN2)n1. The fourth-order valence-corrected chi connectivity index (χ4v) is 2.66. The van der Waals surface area contributed by atoms with Gasteiger partial charge in [0.2, 0.25) is 11.7 Å². The van der Waals surface area contributed by atoms with E-state index >= 15 is 0 Å². The van der Waals surface area contributed by atoms with Gasteiger partial charge in [-0.1, -0.05) is 19.0 Å².